The number of aryl methyl sites for hydroxylation is 3. The van der Waals surface area contributed by atoms with E-state index in [0.717, 1.165) is 42.0 Å². The molecule has 0 aliphatic rings. The van der Waals surface area contributed by atoms with E-state index in [4.69, 9.17) is 9.05 Å². The highest BCUT2D eigenvalue weighted by Crippen LogP contribution is 2.19. The van der Waals surface area contributed by atoms with Gasteiger partial charge in [0.2, 0.25) is 11.7 Å². The molecule has 0 aliphatic carbocycles. The number of benzene rings is 1. The molecule has 0 saturated heterocycles. The van der Waals surface area contributed by atoms with Crippen LogP contribution in [0.15, 0.2) is 33.3 Å². The average Bonchev–Trinajstić information content (AvgIpc) is 3.16. The molecular weight excluding hydrogens is 304 g/mol. The topological polar surface area (TPSA) is 77.0 Å². The van der Waals surface area contributed by atoms with Gasteiger partial charge in [0, 0.05) is 11.1 Å². The normalized spacial score (nSPS) is 11.1. The van der Waals surface area contributed by atoms with Crippen molar-refractivity contribution < 1.29 is 9.05 Å². The zero-order valence-electron chi connectivity index (χ0n) is 14.3. The fraction of sp³-hybridized carbons (Fsp3) is 0.389. The maximum absolute atomic E-state index is 5.32. The second-order valence-corrected chi connectivity index (χ2v) is 5.91. The molecule has 6 heteroatoms. The molecule has 0 amide bonds. The van der Waals surface area contributed by atoms with Crippen LogP contribution in [0.5, 0.6) is 0 Å². The van der Waals surface area contributed by atoms with Crippen LogP contribution in [0.2, 0.25) is 0 Å². The van der Waals surface area contributed by atoms with Crippen molar-refractivity contribution in [3.8, 4) is 11.4 Å². The number of aromatic nitrogens is 3. The Morgan fingerprint density at radius 2 is 1.88 bits per heavy atom. The van der Waals surface area contributed by atoms with E-state index in [1.165, 1.54) is 5.56 Å². The van der Waals surface area contributed by atoms with E-state index in [2.05, 4.69) is 20.6 Å². The largest absolute Gasteiger partial charge is 0.361 e. The van der Waals surface area contributed by atoms with E-state index in [1.54, 1.807) is 0 Å². The van der Waals surface area contributed by atoms with Gasteiger partial charge in [0.15, 0.2) is 0 Å². The Morgan fingerprint density at radius 1 is 1.04 bits per heavy atom. The summed E-state index contributed by atoms with van der Waals surface area (Å²) in [5.74, 6) is 2.15. The lowest BCUT2D eigenvalue weighted by Crippen LogP contribution is -2.15. The van der Waals surface area contributed by atoms with Crippen LogP contribution in [0.3, 0.4) is 0 Å². The number of nitrogens with zero attached hydrogens (tertiary/aromatic N) is 3. The van der Waals surface area contributed by atoms with Gasteiger partial charge in [-0.1, -0.05) is 34.6 Å². The lowest BCUT2D eigenvalue weighted by atomic mass is 10.1. The van der Waals surface area contributed by atoms with Gasteiger partial charge in [0.05, 0.1) is 12.2 Å². The molecule has 0 saturated carbocycles. The molecule has 6 nitrogen and oxygen atoms in total. The zero-order chi connectivity index (χ0) is 16.9. The summed E-state index contributed by atoms with van der Waals surface area (Å²) in [6.45, 7) is 7.41. The molecule has 3 aromatic rings. The van der Waals surface area contributed by atoms with Crippen molar-refractivity contribution in [3.63, 3.8) is 0 Å². The Balaban J connectivity index is 1.47. The van der Waals surface area contributed by atoms with Gasteiger partial charge in [-0.3, -0.25) is 0 Å². The Labute approximate surface area is 141 Å². The summed E-state index contributed by atoms with van der Waals surface area (Å²) in [5, 5.41) is 11.4. The molecule has 1 aromatic carbocycles. The summed E-state index contributed by atoms with van der Waals surface area (Å²) in [4.78, 5) is 4.45. The lowest BCUT2D eigenvalue weighted by molar-refractivity contribution is 0.367. The number of hydrogen-bond donors (Lipinski definition) is 1. The van der Waals surface area contributed by atoms with Gasteiger partial charge in [0.1, 0.15) is 5.76 Å². The molecule has 0 radical (unpaired) electrons. The van der Waals surface area contributed by atoms with Crippen LogP contribution in [-0.4, -0.2) is 21.8 Å². The van der Waals surface area contributed by atoms with Gasteiger partial charge in [-0.2, -0.15) is 4.98 Å². The molecule has 0 atom stereocenters. The number of hydrogen-bond acceptors (Lipinski definition) is 6. The predicted molar refractivity (Wildman–Crippen MR) is 90.5 cm³/mol. The Morgan fingerprint density at radius 3 is 2.62 bits per heavy atom. The molecular formula is C18H22N4O2. The van der Waals surface area contributed by atoms with Crippen LogP contribution in [-0.2, 0) is 13.0 Å². The van der Waals surface area contributed by atoms with Gasteiger partial charge in [-0.05, 0) is 45.7 Å². The first-order valence-electron chi connectivity index (χ1n) is 8.16. The highest BCUT2D eigenvalue weighted by Gasteiger charge is 2.11. The minimum Gasteiger partial charge on any atom is -0.361 e. The van der Waals surface area contributed by atoms with E-state index >= 15 is 0 Å². The molecule has 0 aliphatic heterocycles. The first-order valence-corrected chi connectivity index (χ1v) is 8.16. The fourth-order valence-electron chi connectivity index (χ4n) is 2.70. The molecule has 0 bridgehead atoms. The van der Waals surface area contributed by atoms with E-state index in [-0.39, 0.29) is 0 Å². The van der Waals surface area contributed by atoms with Crippen LogP contribution < -0.4 is 5.32 Å². The van der Waals surface area contributed by atoms with Gasteiger partial charge in [-0.25, -0.2) is 0 Å². The Bertz CT molecular complexity index is 787. The van der Waals surface area contributed by atoms with Gasteiger partial charge in [0.25, 0.3) is 0 Å². The predicted octanol–water partition coefficient (Wildman–Crippen LogP) is 3.37. The summed E-state index contributed by atoms with van der Waals surface area (Å²) >= 11 is 0. The van der Waals surface area contributed by atoms with Crippen molar-refractivity contribution in [1.29, 1.82) is 0 Å². The SMILES string of the molecule is Cc1ccccc1-c1noc(CNCCCc2c(C)noc2C)n1. The molecule has 1 N–H and O–H groups in total. The smallest absolute Gasteiger partial charge is 0.240 e. The van der Waals surface area contributed by atoms with E-state index < -0.39 is 0 Å². The van der Waals surface area contributed by atoms with E-state index in [0.29, 0.717) is 18.3 Å². The average molecular weight is 326 g/mol. The first kappa shape index (κ1) is 16.4. The number of nitrogens with one attached hydrogen (secondary N) is 1. The molecule has 2 aromatic heterocycles. The first-order chi connectivity index (χ1) is 11.6. The molecule has 24 heavy (non-hydrogen) atoms. The van der Waals surface area contributed by atoms with Crippen molar-refractivity contribution in [2.75, 3.05) is 6.54 Å². The Hall–Kier alpha value is -2.47. The maximum Gasteiger partial charge on any atom is 0.240 e. The molecule has 2 heterocycles. The third-order valence-electron chi connectivity index (χ3n) is 4.09. The molecule has 3 rings (SSSR count). The monoisotopic (exact) mass is 326 g/mol. The van der Waals surface area contributed by atoms with Crippen LogP contribution in [0.4, 0.5) is 0 Å². The summed E-state index contributed by atoms with van der Waals surface area (Å²) in [7, 11) is 0. The molecule has 0 fully saturated rings. The second-order valence-electron chi connectivity index (χ2n) is 5.91. The van der Waals surface area contributed by atoms with Crippen LogP contribution in [0.1, 0.15) is 34.9 Å². The van der Waals surface area contributed by atoms with Crippen LogP contribution >= 0.6 is 0 Å². The second kappa shape index (κ2) is 7.40. The molecule has 0 spiro atoms. The standard InChI is InChI=1S/C18H22N4O2/c1-12-7-4-5-8-15(12)18-20-17(24-22-18)11-19-10-6-9-16-13(2)21-23-14(16)3/h4-5,7-8,19H,6,9-11H2,1-3H3. The lowest BCUT2D eigenvalue weighted by Gasteiger charge is -2.02. The van der Waals surface area contributed by atoms with E-state index in [9.17, 15) is 0 Å². The summed E-state index contributed by atoms with van der Waals surface area (Å²) in [6, 6.07) is 8.02. The van der Waals surface area contributed by atoms with Crippen LogP contribution in [0, 0.1) is 20.8 Å². The van der Waals surface area contributed by atoms with Gasteiger partial charge in [-0.15, -0.1) is 0 Å². The number of rotatable bonds is 7. The van der Waals surface area contributed by atoms with Crippen molar-refractivity contribution >= 4 is 0 Å². The zero-order valence-corrected chi connectivity index (χ0v) is 14.3. The summed E-state index contributed by atoms with van der Waals surface area (Å²) < 4.78 is 10.5. The highest BCUT2D eigenvalue weighted by atomic mass is 16.5. The van der Waals surface area contributed by atoms with Crippen molar-refractivity contribution in [1.82, 2.24) is 20.6 Å². The summed E-state index contributed by atoms with van der Waals surface area (Å²) in [6.07, 6.45) is 1.95. The van der Waals surface area contributed by atoms with Gasteiger partial charge < -0.3 is 14.4 Å². The van der Waals surface area contributed by atoms with Crippen molar-refractivity contribution in [2.45, 2.75) is 40.2 Å². The summed E-state index contributed by atoms with van der Waals surface area (Å²) in [5.41, 5.74) is 4.33. The van der Waals surface area contributed by atoms with E-state index in [1.807, 2.05) is 45.0 Å². The highest BCUT2D eigenvalue weighted by molar-refractivity contribution is 5.58. The Kier molecular flexibility index (Phi) is 5.05. The maximum atomic E-state index is 5.32. The van der Waals surface area contributed by atoms with Crippen LogP contribution in [0.25, 0.3) is 11.4 Å². The molecule has 0 unspecified atom stereocenters. The third kappa shape index (κ3) is 3.71. The fourth-order valence-corrected chi connectivity index (χ4v) is 2.70. The van der Waals surface area contributed by atoms with Gasteiger partial charge >= 0.3 is 0 Å². The quantitative estimate of drug-likeness (QED) is 0.671. The van der Waals surface area contributed by atoms with Crippen molar-refractivity contribution in [2.24, 2.45) is 0 Å². The molecule has 126 valence electrons. The van der Waals surface area contributed by atoms with Crippen molar-refractivity contribution in [3.05, 3.63) is 52.7 Å². The minimum absolute atomic E-state index is 0.570. The third-order valence-corrected chi connectivity index (χ3v) is 4.09. The minimum atomic E-state index is 0.570.